The molecule has 0 aromatic heterocycles. The van der Waals surface area contributed by atoms with Crippen molar-refractivity contribution in [3.05, 3.63) is 72.1 Å². The number of amides is 1. The summed E-state index contributed by atoms with van der Waals surface area (Å²) in [5.74, 6) is -0.803. The average Bonchev–Trinajstić information content (AvgIpc) is 2.59. The van der Waals surface area contributed by atoms with E-state index in [1.807, 2.05) is 54.6 Å². The second-order valence-electron chi connectivity index (χ2n) is 3.76. The average molecular weight is 226 g/mol. The van der Waals surface area contributed by atoms with E-state index in [9.17, 15) is 4.79 Å². The Labute approximate surface area is 100 Å². The highest BCUT2D eigenvalue weighted by molar-refractivity contribution is 5.85. The van der Waals surface area contributed by atoms with Gasteiger partial charge in [-0.3, -0.25) is 4.79 Å². The van der Waals surface area contributed by atoms with Gasteiger partial charge in [-0.15, -0.1) is 0 Å². The predicted molar refractivity (Wildman–Crippen MR) is 67.9 cm³/mol. The van der Waals surface area contributed by atoms with Crippen LogP contribution in [0.5, 0.6) is 0 Å². The Hall–Kier alpha value is -2.29. The summed E-state index contributed by atoms with van der Waals surface area (Å²) in [6, 6.07) is 9.51. The molecule has 1 aromatic carbocycles. The summed E-state index contributed by atoms with van der Waals surface area (Å²) in [6.07, 6.45) is 9.29. The van der Waals surface area contributed by atoms with Crippen LogP contribution in [0.4, 0.5) is 0 Å². The number of primary amides is 1. The van der Waals surface area contributed by atoms with Crippen molar-refractivity contribution in [3.63, 3.8) is 0 Å². The normalized spacial score (nSPS) is 15.6. The molecule has 1 heterocycles. The molecule has 0 spiro atoms. The molecule has 0 saturated heterocycles. The number of allylic oxidation sites excluding steroid dienone is 4. The fourth-order valence-corrected chi connectivity index (χ4v) is 1.79. The highest BCUT2D eigenvalue weighted by Crippen LogP contribution is 2.22. The van der Waals surface area contributed by atoms with Crippen LogP contribution in [0.2, 0.25) is 0 Å². The molecule has 1 aromatic rings. The zero-order valence-electron chi connectivity index (χ0n) is 9.34. The number of hydrogen-bond acceptors (Lipinski definition) is 2. The number of rotatable bonds is 3. The van der Waals surface area contributed by atoms with Crippen LogP contribution in [0.3, 0.4) is 0 Å². The Bertz CT molecular complexity index is 486. The minimum Gasteiger partial charge on any atom is -0.369 e. The Morgan fingerprint density at radius 2 is 1.88 bits per heavy atom. The number of hydrogen-bond donors (Lipinski definition) is 2. The van der Waals surface area contributed by atoms with Crippen molar-refractivity contribution >= 4 is 5.91 Å². The first-order valence-electron chi connectivity index (χ1n) is 5.43. The van der Waals surface area contributed by atoms with Crippen molar-refractivity contribution in [1.82, 2.24) is 5.32 Å². The lowest BCUT2D eigenvalue weighted by Gasteiger charge is -2.17. The zero-order chi connectivity index (χ0) is 12.1. The van der Waals surface area contributed by atoms with E-state index in [1.54, 1.807) is 6.20 Å². The van der Waals surface area contributed by atoms with Gasteiger partial charge in [0.15, 0.2) is 0 Å². The van der Waals surface area contributed by atoms with E-state index in [4.69, 9.17) is 5.73 Å². The van der Waals surface area contributed by atoms with Crippen LogP contribution < -0.4 is 11.1 Å². The highest BCUT2D eigenvalue weighted by Gasteiger charge is 2.21. The largest absolute Gasteiger partial charge is 0.369 e. The number of nitrogens with one attached hydrogen (secondary N) is 1. The van der Waals surface area contributed by atoms with E-state index in [0.717, 1.165) is 11.3 Å². The van der Waals surface area contributed by atoms with Crippen molar-refractivity contribution < 1.29 is 4.79 Å². The summed E-state index contributed by atoms with van der Waals surface area (Å²) in [5, 5.41) is 3.08. The third-order valence-electron chi connectivity index (χ3n) is 2.57. The molecule has 0 aliphatic carbocycles. The van der Waals surface area contributed by atoms with Crippen LogP contribution in [0.25, 0.3) is 0 Å². The van der Waals surface area contributed by atoms with Crippen LogP contribution in [0.1, 0.15) is 11.5 Å². The molecule has 1 amide bonds. The molecule has 17 heavy (non-hydrogen) atoms. The van der Waals surface area contributed by atoms with Gasteiger partial charge in [-0.05, 0) is 17.7 Å². The molecule has 3 heteroatoms. The maximum absolute atomic E-state index is 11.6. The van der Waals surface area contributed by atoms with Gasteiger partial charge in [0, 0.05) is 11.9 Å². The van der Waals surface area contributed by atoms with Gasteiger partial charge < -0.3 is 11.1 Å². The van der Waals surface area contributed by atoms with E-state index >= 15 is 0 Å². The molecule has 0 radical (unpaired) electrons. The number of benzene rings is 1. The van der Waals surface area contributed by atoms with Gasteiger partial charge in [0.05, 0.1) is 0 Å². The summed E-state index contributed by atoms with van der Waals surface area (Å²) in [7, 11) is 0. The van der Waals surface area contributed by atoms with Crippen LogP contribution in [-0.4, -0.2) is 5.91 Å². The smallest absolute Gasteiger partial charge is 0.230 e. The van der Waals surface area contributed by atoms with E-state index in [0.29, 0.717) is 0 Å². The quantitative estimate of drug-likeness (QED) is 0.826. The Morgan fingerprint density at radius 1 is 1.12 bits per heavy atom. The van der Waals surface area contributed by atoms with Crippen molar-refractivity contribution in [2.75, 3.05) is 0 Å². The van der Waals surface area contributed by atoms with Crippen LogP contribution in [0, 0.1) is 0 Å². The standard InChI is InChI=1S/C14H14N2O/c15-14(17)13(11-7-3-1-4-8-11)12-9-5-2-6-10-16-12/h1-10,13,16H,(H2,15,17). The lowest BCUT2D eigenvalue weighted by molar-refractivity contribution is -0.118. The molecular weight excluding hydrogens is 212 g/mol. The minimum absolute atomic E-state index is 0.362. The van der Waals surface area contributed by atoms with Gasteiger partial charge >= 0.3 is 0 Å². The maximum Gasteiger partial charge on any atom is 0.230 e. The first-order valence-corrected chi connectivity index (χ1v) is 5.43. The third-order valence-corrected chi connectivity index (χ3v) is 2.57. The topological polar surface area (TPSA) is 55.1 Å². The second kappa shape index (κ2) is 5.16. The molecule has 3 N–H and O–H groups in total. The van der Waals surface area contributed by atoms with Gasteiger partial charge in [-0.25, -0.2) is 0 Å². The molecule has 0 saturated carbocycles. The summed E-state index contributed by atoms with van der Waals surface area (Å²) >= 11 is 0. The van der Waals surface area contributed by atoms with Gasteiger partial charge in [0.1, 0.15) is 5.92 Å². The molecule has 1 aliphatic rings. The molecular formula is C14H14N2O. The van der Waals surface area contributed by atoms with E-state index in [2.05, 4.69) is 5.32 Å². The Morgan fingerprint density at radius 3 is 2.59 bits per heavy atom. The van der Waals surface area contributed by atoms with Gasteiger partial charge in [0.2, 0.25) is 5.91 Å². The Kier molecular flexibility index (Phi) is 3.40. The fraction of sp³-hybridized carbons (Fsp3) is 0.0714. The zero-order valence-corrected chi connectivity index (χ0v) is 9.34. The first kappa shape index (κ1) is 11.2. The lowest BCUT2D eigenvalue weighted by Crippen LogP contribution is -2.27. The predicted octanol–water partition coefficient (Wildman–Crippen LogP) is 1.81. The summed E-state index contributed by atoms with van der Waals surface area (Å²) in [5.41, 5.74) is 7.16. The minimum atomic E-state index is -0.441. The number of carbonyl (C=O) groups excluding carboxylic acids is 1. The number of nitrogens with two attached hydrogens (primary N) is 1. The Balaban J connectivity index is 2.36. The molecule has 86 valence electrons. The SMILES string of the molecule is NC(=O)C(C1=CC=CC=CN1)c1ccccc1. The maximum atomic E-state index is 11.6. The molecule has 2 rings (SSSR count). The monoisotopic (exact) mass is 226 g/mol. The molecule has 3 nitrogen and oxygen atoms in total. The van der Waals surface area contributed by atoms with Gasteiger partial charge in [0.25, 0.3) is 0 Å². The van der Waals surface area contributed by atoms with Crippen LogP contribution in [0.15, 0.2) is 66.5 Å². The van der Waals surface area contributed by atoms with Crippen molar-refractivity contribution in [1.29, 1.82) is 0 Å². The molecule has 0 bridgehead atoms. The summed E-state index contributed by atoms with van der Waals surface area (Å²) in [4.78, 5) is 11.6. The van der Waals surface area contributed by atoms with Crippen LogP contribution >= 0.6 is 0 Å². The summed E-state index contributed by atoms with van der Waals surface area (Å²) < 4.78 is 0. The molecule has 1 aliphatic heterocycles. The first-order chi connectivity index (χ1) is 8.29. The lowest BCUT2D eigenvalue weighted by atomic mass is 9.94. The van der Waals surface area contributed by atoms with E-state index < -0.39 is 5.92 Å². The highest BCUT2D eigenvalue weighted by atomic mass is 16.1. The fourth-order valence-electron chi connectivity index (χ4n) is 1.79. The van der Waals surface area contributed by atoms with E-state index in [1.165, 1.54) is 0 Å². The van der Waals surface area contributed by atoms with Gasteiger partial charge in [-0.1, -0.05) is 42.5 Å². The van der Waals surface area contributed by atoms with Crippen molar-refractivity contribution in [3.8, 4) is 0 Å². The molecule has 1 unspecified atom stereocenters. The van der Waals surface area contributed by atoms with Crippen LogP contribution in [-0.2, 0) is 4.79 Å². The number of carbonyl (C=O) groups is 1. The molecule has 0 fully saturated rings. The van der Waals surface area contributed by atoms with Crippen molar-refractivity contribution in [2.45, 2.75) is 5.92 Å². The molecule has 1 atom stereocenters. The third kappa shape index (κ3) is 2.64. The summed E-state index contributed by atoms with van der Waals surface area (Å²) in [6.45, 7) is 0. The van der Waals surface area contributed by atoms with Crippen molar-refractivity contribution in [2.24, 2.45) is 5.73 Å². The van der Waals surface area contributed by atoms with E-state index in [-0.39, 0.29) is 5.91 Å². The van der Waals surface area contributed by atoms with Gasteiger partial charge in [-0.2, -0.15) is 0 Å². The second-order valence-corrected chi connectivity index (χ2v) is 3.76.